The summed E-state index contributed by atoms with van der Waals surface area (Å²) in [7, 11) is 5.51. The Morgan fingerprint density at radius 2 is 1.82 bits per heavy atom. The Morgan fingerprint density at radius 1 is 1.07 bits per heavy atom. The van der Waals surface area contributed by atoms with Gasteiger partial charge in [-0.15, -0.1) is 0 Å². The number of hydrogen-bond donors (Lipinski definition) is 2. The molecule has 11 nitrogen and oxygen atoms in total. The number of nitrogens with zero attached hydrogens (tertiary/aromatic N) is 6. The number of fused-ring (bicyclic) bond motifs is 1. The number of likely N-dealkylation sites (N-methyl/N-ethyl adjacent to an activating group) is 1. The van der Waals surface area contributed by atoms with Gasteiger partial charge in [-0.1, -0.05) is 19.3 Å². The minimum Gasteiger partial charge on any atom is -0.495 e. The number of carbonyl (C=O) groups is 2. The van der Waals surface area contributed by atoms with Crippen LogP contribution in [0.2, 0.25) is 0 Å². The normalized spacial score (nSPS) is 21.6. The largest absolute Gasteiger partial charge is 0.495 e. The summed E-state index contributed by atoms with van der Waals surface area (Å²) in [6, 6.07) is 5.70. The number of anilines is 4. The first-order valence-electron chi connectivity index (χ1n) is 14.5. The number of piperazine rings is 1. The van der Waals surface area contributed by atoms with Gasteiger partial charge in [0, 0.05) is 51.4 Å². The fourth-order valence-corrected chi connectivity index (χ4v) is 6.21. The average Bonchev–Trinajstić information content (AvgIpc) is 3.78. The molecule has 40 heavy (non-hydrogen) atoms. The van der Waals surface area contributed by atoms with Crippen LogP contribution in [0.25, 0.3) is 0 Å². The van der Waals surface area contributed by atoms with Crippen LogP contribution in [0.5, 0.6) is 5.75 Å². The molecule has 0 atom stereocenters. The first-order chi connectivity index (χ1) is 19.4. The van der Waals surface area contributed by atoms with E-state index in [4.69, 9.17) is 9.72 Å². The summed E-state index contributed by atoms with van der Waals surface area (Å²) >= 11 is 0. The standard InChI is InChI=1S/C29H40N8O3/c1-34-13-15-36(16-14-34)33-26(38)20-9-10-22(24(17-20)40-3)31-28-30-18-23-25(32-28)37(21-7-5-4-6-8-21)19-29(11-12-29)27(39)35(23)2/h9-10,17-18,21H,4-8,11-16,19H2,1-3H3,(H,33,38)(H,30,31,32). The third kappa shape index (κ3) is 5.19. The maximum absolute atomic E-state index is 13.4. The Hall–Kier alpha value is -3.44. The fraction of sp³-hybridized carbons (Fsp3) is 0.586. The van der Waals surface area contributed by atoms with Crippen LogP contribution < -0.4 is 25.3 Å². The van der Waals surface area contributed by atoms with Crippen molar-refractivity contribution in [3.63, 3.8) is 0 Å². The number of hydrogen-bond acceptors (Lipinski definition) is 9. The summed E-state index contributed by atoms with van der Waals surface area (Å²) in [6.45, 7) is 4.11. The summed E-state index contributed by atoms with van der Waals surface area (Å²) in [5.41, 5.74) is 4.64. The van der Waals surface area contributed by atoms with Crippen molar-refractivity contribution < 1.29 is 14.3 Å². The molecular weight excluding hydrogens is 508 g/mol. The van der Waals surface area contributed by atoms with Crippen LogP contribution >= 0.6 is 0 Å². The average molecular weight is 549 g/mol. The lowest BCUT2D eigenvalue weighted by Gasteiger charge is -2.36. The second kappa shape index (κ2) is 10.9. The Kier molecular flexibility index (Phi) is 7.26. The zero-order valence-electron chi connectivity index (χ0n) is 23.8. The maximum Gasteiger partial charge on any atom is 0.265 e. The van der Waals surface area contributed by atoms with E-state index >= 15 is 0 Å². The van der Waals surface area contributed by atoms with Crippen molar-refractivity contribution >= 4 is 35.0 Å². The van der Waals surface area contributed by atoms with Gasteiger partial charge >= 0.3 is 0 Å². The molecule has 1 saturated heterocycles. The minimum atomic E-state index is -0.301. The van der Waals surface area contributed by atoms with Crippen molar-refractivity contribution in [1.82, 2.24) is 25.3 Å². The van der Waals surface area contributed by atoms with E-state index in [0.29, 0.717) is 35.5 Å². The van der Waals surface area contributed by atoms with E-state index in [0.717, 1.165) is 63.4 Å². The zero-order chi connectivity index (χ0) is 27.9. The first kappa shape index (κ1) is 26.8. The van der Waals surface area contributed by atoms with E-state index < -0.39 is 0 Å². The highest BCUT2D eigenvalue weighted by Gasteiger charge is 2.55. The van der Waals surface area contributed by atoms with Gasteiger partial charge in [0.2, 0.25) is 11.9 Å². The Bertz CT molecular complexity index is 1270. The molecule has 2 saturated carbocycles. The summed E-state index contributed by atoms with van der Waals surface area (Å²) in [4.78, 5) is 42.3. The number of aromatic nitrogens is 2. The van der Waals surface area contributed by atoms with Gasteiger partial charge in [0.25, 0.3) is 5.91 Å². The van der Waals surface area contributed by atoms with Crippen molar-refractivity contribution in [2.24, 2.45) is 5.41 Å². The number of ether oxygens (including phenoxy) is 1. The van der Waals surface area contributed by atoms with E-state index in [9.17, 15) is 9.59 Å². The molecule has 2 N–H and O–H groups in total. The molecule has 2 aliphatic heterocycles. The van der Waals surface area contributed by atoms with Gasteiger partial charge in [0.1, 0.15) is 11.4 Å². The lowest BCUT2D eigenvalue weighted by Crippen LogP contribution is -2.52. The van der Waals surface area contributed by atoms with Crippen molar-refractivity contribution in [2.45, 2.75) is 51.0 Å². The summed E-state index contributed by atoms with van der Waals surface area (Å²) in [6.07, 6.45) is 9.52. The number of rotatable bonds is 6. The third-order valence-corrected chi connectivity index (χ3v) is 8.96. The van der Waals surface area contributed by atoms with Crippen LogP contribution in [0.15, 0.2) is 24.4 Å². The molecule has 4 aliphatic rings. The van der Waals surface area contributed by atoms with Gasteiger partial charge in [-0.25, -0.2) is 9.99 Å². The topological polar surface area (TPSA) is 106 Å². The highest BCUT2D eigenvalue weighted by atomic mass is 16.5. The van der Waals surface area contributed by atoms with Crippen molar-refractivity contribution in [1.29, 1.82) is 0 Å². The van der Waals surface area contributed by atoms with Crippen LogP contribution in [-0.4, -0.2) is 91.7 Å². The van der Waals surface area contributed by atoms with Crippen LogP contribution in [0.3, 0.4) is 0 Å². The number of benzene rings is 1. The van der Waals surface area contributed by atoms with E-state index in [-0.39, 0.29) is 17.2 Å². The molecular formula is C29H40N8O3. The second-order valence-corrected chi connectivity index (χ2v) is 11.7. The van der Waals surface area contributed by atoms with Crippen LogP contribution in [0, 0.1) is 5.41 Å². The van der Waals surface area contributed by atoms with Crippen molar-refractivity contribution in [2.75, 3.05) is 69.0 Å². The molecule has 1 aromatic heterocycles. The molecule has 2 amide bonds. The highest BCUT2D eigenvalue weighted by molar-refractivity contribution is 6.03. The van der Waals surface area contributed by atoms with Gasteiger partial charge in [-0.2, -0.15) is 4.98 Å². The fourth-order valence-electron chi connectivity index (χ4n) is 6.21. The molecule has 0 radical (unpaired) electrons. The molecule has 1 spiro atoms. The zero-order valence-corrected chi connectivity index (χ0v) is 23.8. The van der Waals surface area contributed by atoms with Gasteiger partial charge in [-0.3, -0.25) is 15.0 Å². The third-order valence-electron chi connectivity index (χ3n) is 8.96. The van der Waals surface area contributed by atoms with E-state index in [1.807, 2.05) is 18.1 Å². The number of methoxy groups -OCH3 is 1. The predicted molar refractivity (Wildman–Crippen MR) is 154 cm³/mol. The molecule has 3 heterocycles. The molecule has 0 unspecified atom stereocenters. The number of amides is 2. The van der Waals surface area contributed by atoms with Gasteiger partial charge in [0.15, 0.2) is 5.82 Å². The quantitative estimate of drug-likeness (QED) is 0.564. The summed E-state index contributed by atoms with van der Waals surface area (Å²) in [5.74, 6) is 1.77. The minimum absolute atomic E-state index is 0.166. The monoisotopic (exact) mass is 548 g/mol. The predicted octanol–water partition coefficient (Wildman–Crippen LogP) is 3.02. The number of nitrogens with one attached hydrogen (secondary N) is 2. The molecule has 1 aromatic carbocycles. The van der Waals surface area contributed by atoms with Gasteiger partial charge in [0.05, 0.1) is 24.4 Å². The van der Waals surface area contributed by atoms with Crippen LogP contribution in [-0.2, 0) is 4.79 Å². The number of carbonyl (C=O) groups excluding carboxylic acids is 2. The van der Waals surface area contributed by atoms with E-state index in [1.165, 1.54) is 19.3 Å². The molecule has 11 heteroatoms. The van der Waals surface area contributed by atoms with Crippen LogP contribution in [0.1, 0.15) is 55.3 Å². The Balaban J connectivity index is 1.24. The summed E-state index contributed by atoms with van der Waals surface area (Å²) < 4.78 is 5.65. The van der Waals surface area contributed by atoms with Gasteiger partial charge < -0.3 is 24.8 Å². The molecule has 0 bridgehead atoms. The lowest BCUT2D eigenvalue weighted by molar-refractivity contribution is -0.123. The van der Waals surface area contributed by atoms with E-state index in [2.05, 4.69) is 32.6 Å². The molecule has 214 valence electrons. The maximum atomic E-state index is 13.4. The van der Waals surface area contributed by atoms with Gasteiger partial charge in [-0.05, 0) is 50.9 Å². The second-order valence-electron chi connectivity index (χ2n) is 11.7. The van der Waals surface area contributed by atoms with Crippen LogP contribution in [0.4, 0.5) is 23.1 Å². The summed E-state index contributed by atoms with van der Waals surface area (Å²) in [5, 5.41) is 5.26. The Morgan fingerprint density at radius 3 is 2.52 bits per heavy atom. The smallest absolute Gasteiger partial charge is 0.265 e. The van der Waals surface area contributed by atoms with Crippen molar-refractivity contribution in [3.05, 3.63) is 30.0 Å². The Labute approximate surface area is 235 Å². The SMILES string of the molecule is COc1cc(C(=O)NN2CCN(C)CC2)ccc1Nc1ncc2c(n1)N(C1CCCCC1)CC1(CC1)C(=O)N2C. The number of hydrazine groups is 1. The highest BCUT2D eigenvalue weighted by Crippen LogP contribution is 2.52. The first-order valence-corrected chi connectivity index (χ1v) is 14.5. The molecule has 2 aliphatic carbocycles. The lowest BCUT2D eigenvalue weighted by atomic mass is 9.93. The molecule has 3 fully saturated rings. The molecule has 2 aromatic rings. The molecule has 6 rings (SSSR count). The van der Waals surface area contributed by atoms with E-state index in [1.54, 1.807) is 30.3 Å². The van der Waals surface area contributed by atoms with Crippen molar-refractivity contribution in [3.8, 4) is 5.75 Å².